The van der Waals surface area contributed by atoms with Crippen molar-refractivity contribution in [1.29, 1.82) is 0 Å². The van der Waals surface area contributed by atoms with Gasteiger partial charge in [0.05, 0.1) is 169 Å². The van der Waals surface area contributed by atoms with Crippen LogP contribution in [0.2, 0.25) is 30.1 Å². The number of fused-ring (bicyclic) bond motifs is 6. The Bertz CT molecular complexity index is 4650. The van der Waals surface area contributed by atoms with Crippen LogP contribution in [0.5, 0.6) is 0 Å². The molecule has 12 aromatic rings. The predicted octanol–water partition coefficient (Wildman–Crippen LogP) is -2.80. The third-order valence-corrected chi connectivity index (χ3v) is 15.3. The van der Waals surface area contributed by atoms with Crippen molar-refractivity contribution in [3.8, 4) is 0 Å². The van der Waals surface area contributed by atoms with E-state index in [4.69, 9.17) is 129 Å². The molecule has 0 amide bonds. The van der Waals surface area contributed by atoms with E-state index in [0.29, 0.717) is 66.3 Å². The van der Waals surface area contributed by atoms with E-state index >= 15 is 0 Å². The highest BCUT2D eigenvalue weighted by molar-refractivity contribution is 6.33. The van der Waals surface area contributed by atoms with Crippen LogP contribution in [-0.4, -0.2) is 375 Å². The average molecular weight is 1800 g/mol. The minimum Gasteiger partial charge on any atom is -0.867 e. The first-order chi connectivity index (χ1) is 56.1. The highest BCUT2D eigenvalue weighted by Gasteiger charge is 2.24. The number of hydrogen-bond acceptors (Lipinski definition) is 24. The number of aromatic nitrogens is 18. The van der Waals surface area contributed by atoms with Gasteiger partial charge in [0.15, 0.2) is 0 Å². The lowest BCUT2D eigenvalue weighted by Crippen LogP contribution is -2.39. The molecule has 0 atom stereocenters. The number of hydrogen-bond donors (Lipinski definition) is 0. The maximum atomic E-state index is 9.89. The fraction of sp³-hybridized carbons (Fsp3) is 0.364. The zero-order chi connectivity index (χ0) is 90.4. The predicted molar refractivity (Wildman–Crippen MR) is 440 cm³/mol. The molecule has 12 rings (SSSR count). The van der Waals surface area contributed by atoms with Crippen LogP contribution in [0.25, 0.3) is 66.2 Å². The molecule has 0 bridgehead atoms. The van der Waals surface area contributed by atoms with Crippen molar-refractivity contribution in [2.24, 2.45) is 0 Å². The molecule has 0 saturated carbocycles. The molecule has 6 aromatic carbocycles. The summed E-state index contributed by atoms with van der Waals surface area (Å²) >= 11 is 35.7. The number of amidine groups is 6. The second-order valence-electron chi connectivity index (χ2n) is 26.4. The van der Waals surface area contributed by atoms with E-state index in [0.717, 1.165) is 66.2 Å². The fourth-order valence-corrected chi connectivity index (χ4v) is 10.5. The Kier molecular flexibility index (Phi) is 40.6. The van der Waals surface area contributed by atoms with Gasteiger partial charge in [-0.15, -0.1) is 30.6 Å². The number of rotatable bonds is 6. The largest absolute Gasteiger partial charge is 0.867 e. The van der Waals surface area contributed by atoms with Crippen LogP contribution in [0.15, 0.2) is 109 Å². The fourth-order valence-electron chi connectivity index (χ4n) is 9.48. The van der Waals surface area contributed by atoms with Crippen LogP contribution >= 0.6 is 69.6 Å². The van der Waals surface area contributed by atoms with E-state index in [2.05, 4.69) is 61.9 Å². The van der Waals surface area contributed by atoms with Crippen LogP contribution in [-0.2, 0) is 0 Å². The minimum atomic E-state index is -3.17. The van der Waals surface area contributed by atoms with Crippen molar-refractivity contribution in [2.75, 3.05) is 169 Å². The highest BCUT2D eigenvalue weighted by atomic mass is 35.5. The normalized spacial score (nSPS) is 10.1. The molecule has 0 spiro atoms. The molecule has 42 nitrogen and oxygen atoms in total. The van der Waals surface area contributed by atoms with Crippen LogP contribution in [0.4, 0.5) is 12.9 Å². The van der Waals surface area contributed by atoms with Crippen molar-refractivity contribution >= 4 is 194 Å². The van der Waals surface area contributed by atoms with Gasteiger partial charge in [-0.25, -0.2) is 56.9 Å². The van der Waals surface area contributed by atoms with Gasteiger partial charge in [0.1, 0.15) is 88.4 Å². The lowest BCUT2D eigenvalue weighted by molar-refractivity contribution is -0.480. The van der Waals surface area contributed by atoms with Gasteiger partial charge in [-0.05, 0) is 140 Å². The van der Waals surface area contributed by atoms with E-state index < -0.39 is 22.2 Å². The van der Waals surface area contributed by atoms with Crippen molar-refractivity contribution in [3.63, 3.8) is 0 Å². The van der Waals surface area contributed by atoms with Gasteiger partial charge in [0, 0.05) is 30.1 Å². The summed E-state index contributed by atoms with van der Waals surface area (Å²) in [5, 5.41) is 101. The topological polar surface area (TPSA) is 416 Å². The molecule has 0 radical (unpaired) electrons. The van der Waals surface area contributed by atoms with Gasteiger partial charge in [-0.1, -0.05) is 98.7 Å². The minimum absolute atomic E-state index is 0.617. The van der Waals surface area contributed by atoms with Gasteiger partial charge >= 0.3 is 36.1 Å². The Balaban J connectivity index is 0.000000294. The Hall–Kier alpha value is -11.2. The van der Waals surface area contributed by atoms with Crippen LogP contribution in [0.3, 0.4) is 0 Å². The summed E-state index contributed by atoms with van der Waals surface area (Å²) < 4.78 is 40.7. The first-order valence-corrected chi connectivity index (χ1v) is 36.7. The average Bonchev–Trinajstić information content (AvgIpc) is 1.70. The summed E-state index contributed by atoms with van der Waals surface area (Å²) in [4.78, 5) is 53.4. The van der Waals surface area contributed by atoms with E-state index in [-0.39, 0.29) is 0 Å². The smallest absolute Gasteiger partial charge is 0.471 e. The summed E-state index contributed by atoms with van der Waals surface area (Å²) in [6.07, 6.45) is 0. The van der Waals surface area contributed by atoms with E-state index in [9.17, 15) is 12.9 Å². The lowest BCUT2D eigenvalue weighted by Gasteiger charge is -2.10. The molecule has 54 heteroatoms. The quantitative estimate of drug-likeness (QED) is 0.0702. The molecule has 0 fully saturated rings. The van der Waals surface area contributed by atoms with Gasteiger partial charge in [-0.3, -0.25) is 29.0 Å². The van der Waals surface area contributed by atoms with Crippen molar-refractivity contribution in [3.05, 3.63) is 139 Å². The van der Waals surface area contributed by atoms with Crippen LogP contribution in [0.1, 0.15) is 0 Å². The standard InChI is InChI=1S/6C11H15ClN5O.3BFO2/c6*1-15(2)11(16(3)4)18-17-10-7-8(12)5-6-9(10)13-14-17;3*2-1(3)4/h6*5-7H,1-4H3;;;/q6*+1;3*-2. The second kappa shape index (κ2) is 48.2. The number of benzene rings is 6. The summed E-state index contributed by atoms with van der Waals surface area (Å²) in [6.45, 7) is 0. The van der Waals surface area contributed by atoms with Gasteiger partial charge in [0.25, 0.3) is 0 Å². The van der Waals surface area contributed by atoms with Crippen LogP contribution < -0.4 is 59.2 Å². The Morgan fingerprint density at radius 3 is 0.458 bits per heavy atom. The number of halogens is 9. The van der Waals surface area contributed by atoms with E-state index in [1.165, 1.54) is 29.1 Å². The zero-order valence-electron chi connectivity index (χ0n) is 69.8. The van der Waals surface area contributed by atoms with Crippen molar-refractivity contribution in [2.45, 2.75) is 0 Å². The van der Waals surface area contributed by atoms with Crippen molar-refractivity contribution in [1.82, 2.24) is 120 Å². The summed E-state index contributed by atoms with van der Waals surface area (Å²) in [7, 11) is 35.9. The Labute approximate surface area is 718 Å². The summed E-state index contributed by atoms with van der Waals surface area (Å²) in [6, 6.07) is 35.8. The molecule has 648 valence electrons. The van der Waals surface area contributed by atoms with E-state index in [1.54, 1.807) is 109 Å². The molecule has 0 aliphatic rings. The monoisotopic (exact) mass is 1790 g/mol. The lowest BCUT2D eigenvalue weighted by atomic mass is 10.3. The van der Waals surface area contributed by atoms with Crippen molar-refractivity contribution < 1.29 is 99.6 Å². The summed E-state index contributed by atoms with van der Waals surface area (Å²) in [5.74, 6) is 0. The third kappa shape index (κ3) is 32.2. The molecule has 6 heterocycles. The highest BCUT2D eigenvalue weighted by Crippen LogP contribution is 2.22. The van der Waals surface area contributed by atoms with E-state index in [1.807, 2.05) is 226 Å². The molecule has 0 aliphatic heterocycles. The molecule has 0 N–H and O–H groups in total. The third-order valence-electron chi connectivity index (χ3n) is 13.9. The maximum absolute atomic E-state index is 9.89. The van der Waals surface area contributed by atoms with Gasteiger partial charge < -0.3 is 43.1 Å². The SMILES string of the molecule is CN(C)C(On1nnc2ccc(Cl)cc21)=[N+](C)C.CN(C)C(On1nnc2ccc(Cl)cc21)=[N+](C)C.CN(C)C(On1nnc2ccc(Cl)cc21)=[N+](C)C.CN(C)C(On1nnc2ccc(Cl)cc21)=[N+](C)C.CN(C)C(On1nnc2ccc(Cl)cc21)=[N+](C)C.CN(C)C(On1nnc2ccc(Cl)cc21)=[N+](C)C.[O-]B([O-])F.[O-]B([O-])F.[O-]B([O-])F. The molecule has 120 heavy (non-hydrogen) atoms. The van der Waals surface area contributed by atoms with Gasteiger partial charge in [-0.2, -0.15) is 0 Å². The van der Waals surface area contributed by atoms with Gasteiger partial charge in [0.2, 0.25) is 0 Å². The first-order valence-electron chi connectivity index (χ1n) is 34.5. The Morgan fingerprint density at radius 2 is 0.367 bits per heavy atom. The molecular weight excluding hydrogens is 1710 g/mol. The first kappa shape index (κ1) is 101. The second-order valence-corrected chi connectivity index (χ2v) is 29.0. The Morgan fingerprint density at radius 1 is 0.258 bits per heavy atom. The molecule has 0 aliphatic carbocycles. The molecule has 0 saturated heterocycles. The zero-order valence-corrected chi connectivity index (χ0v) is 74.4. The molecule has 0 unspecified atom stereocenters. The summed E-state index contributed by atoms with van der Waals surface area (Å²) in [5.41, 5.74) is 8.75. The number of nitrogens with zero attached hydrogens (tertiary/aromatic N) is 30. The molecule has 6 aromatic heterocycles. The maximum Gasteiger partial charge on any atom is 0.471 e. The molecular formula is C66H90B3Cl6F3N30O12. The van der Waals surface area contributed by atoms with Crippen LogP contribution in [0, 0.1) is 0 Å².